The van der Waals surface area contributed by atoms with Crippen molar-refractivity contribution in [3.8, 4) is 0 Å². The number of carbonyl (C=O) groups is 3. The minimum absolute atomic E-state index is 0. The van der Waals surface area contributed by atoms with Crippen LogP contribution in [0.2, 0.25) is 0 Å². The molecule has 1 atom stereocenters. The van der Waals surface area contributed by atoms with Gasteiger partial charge in [0.15, 0.2) is 0 Å². The summed E-state index contributed by atoms with van der Waals surface area (Å²) in [5, 5.41) is 9.89. The first-order valence-corrected chi connectivity index (χ1v) is 8.22. The second-order valence-corrected chi connectivity index (χ2v) is 6.64. The molecule has 1 N–H and O–H groups in total. The van der Waals surface area contributed by atoms with Crippen molar-refractivity contribution in [2.75, 3.05) is 7.11 Å². The summed E-state index contributed by atoms with van der Waals surface area (Å²) >= 11 is 0. The molecule has 27 heavy (non-hydrogen) atoms. The molecule has 0 aromatic carbocycles. The fourth-order valence-corrected chi connectivity index (χ4v) is 2.09. The average molecular weight is 421 g/mol. The van der Waals surface area contributed by atoms with Crippen LogP contribution in [0.3, 0.4) is 0 Å². The Labute approximate surface area is 203 Å². The van der Waals surface area contributed by atoms with E-state index in [-0.39, 0.29) is 75.8 Å². The molecule has 0 aromatic rings. The third-order valence-corrected chi connectivity index (χ3v) is 3.89. The molecule has 0 aliphatic rings. The summed E-state index contributed by atoms with van der Waals surface area (Å²) in [4.78, 5) is 32.3. The first-order valence-electron chi connectivity index (χ1n) is 6.75. The van der Waals surface area contributed by atoms with Crippen LogP contribution in [-0.2, 0) is 29.2 Å². The molecule has 0 heterocycles. The summed E-state index contributed by atoms with van der Waals surface area (Å²) in [5.74, 6) is -3.65. The molecule has 0 saturated heterocycles. The van der Waals surface area contributed by atoms with Gasteiger partial charge in [-0.15, -0.1) is 0 Å². The molecule has 0 spiro atoms. The minimum atomic E-state index is -4.71. The molecule has 0 aliphatic heterocycles. The van der Waals surface area contributed by atoms with Crippen molar-refractivity contribution in [2.24, 2.45) is 5.92 Å². The molecule has 1 unspecified atom stereocenters. The predicted molar refractivity (Wildman–Crippen MR) is 86.6 cm³/mol. The number of hydrogen-bond donors (Lipinski definition) is 1. The van der Waals surface area contributed by atoms with E-state index in [0.29, 0.717) is 0 Å². The van der Waals surface area contributed by atoms with Crippen molar-refractivity contribution in [3.05, 3.63) is 36.5 Å². The number of aliphatic carboxylic acids is 1. The van der Waals surface area contributed by atoms with E-state index in [1.807, 2.05) is 5.32 Å². The Morgan fingerprint density at radius 3 is 1.63 bits per heavy atom. The van der Waals surface area contributed by atoms with Gasteiger partial charge in [-0.1, -0.05) is 33.6 Å². The number of carbonyl (C=O) groups excluding carboxylic acids is 3. The number of esters is 1. The van der Waals surface area contributed by atoms with Crippen LogP contribution in [0, 0.1) is 5.92 Å². The Morgan fingerprint density at radius 2 is 1.41 bits per heavy atom. The molecule has 0 radical (unpaired) electrons. The fourth-order valence-electron chi connectivity index (χ4n) is 1.17. The zero-order valence-corrected chi connectivity index (χ0v) is 21.3. The van der Waals surface area contributed by atoms with Gasteiger partial charge in [-0.3, -0.25) is 4.79 Å². The second-order valence-electron chi connectivity index (χ2n) is 5.15. The van der Waals surface area contributed by atoms with E-state index in [1.165, 1.54) is 20.8 Å². The standard InChI is InChI=1S/C11H17NO6S.C4H6O2.2Na/c1-6(2)10(19(15,16)17)12-9(13)7(3)8(4)11(14)18-5;1-3(2)4(5)6;;/h6,10H,3-4H2,1-2,5H3,(H,12,13)(H,15,16,17);1H2,2H3,(H,5,6);;/q;;2*+1/p-2. The molecule has 0 aliphatic carbocycles. The fraction of sp³-hybridized carbons (Fsp3) is 0.400. The quantitative estimate of drug-likeness (QED) is 0.140. The largest absolute Gasteiger partial charge is 1.00 e. The van der Waals surface area contributed by atoms with Crippen molar-refractivity contribution in [1.29, 1.82) is 0 Å². The van der Waals surface area contributed by atoms with Crippen molar-refractivity contribution in [3.63, 3.8) is 0 Å². The van der Waals surface area contributed by atoms with E-state index in [0.717, 1.165) is 7.11 Å². The van der Waals surface area contributed by atoms with E-state index in [2.05, 4.69) is 24.5 Å². The van der Waals surface area contributed by atoms with E-state index in [1.54, 1.807) is 0 Å². The number of hydrogen-bond acceptors (Lipinski definition) is 8. The summed E-state index contributed by atoms with van der Waals surface area (Å²) in [6.07, 6.45) is 0. The van der Waals surface area contributed by atoms with Gasteiger partial charge in [0.2, 0.25) is 0 Å². The first-order chi connectivity index (χ1) is 11.2. The zero-order chi connectivity index (χ0) is 20.5. The van der Waals surface area contributed by atoms with Crippen LogP contribution in [-0.4, -0.2) is 43.3 Å². The topological polar surface area (TPSA) is 153 Å². The molecule has 0 bridgehead atoms. The first kappa shape index (κ1) is 34.1. The molecule has 9 nitrogen and oxygen atoms in total. The Bertz CT molecular complexity index is 674. The van der Waals surface area contributed by atoms with Crippen LogP contribution >= 0.6 is 0 Å². The van der Waals surface area contributed by atoms with Gasteiger partial charge in [0.05, 0.1) is 18.7 Å². The van der Waals surface area contributed by atoms with E-state index >= 15 is 0 Å². The molecule has 12 heteroatoms. The van der Waals surface area contributed by atoms with E-state index in [4.69, 9.17) is 0 Å². The van der Waals surface area contributed by atoms with E-state index in [9.17, 15) is 32.5 Å². The smallest absolute Gasteiger partial charge is 0.746 e. The molecule has 1 amide bonds. The molecular formula is C15H21NNa2O8S. The molecule has 0 rings (SSSR count). The Balaban J connectivity index is -0.000000286. The average Bonchev–Trinajstić information content (AvgIpc) is 2.48. The number of nitrogens with one attached hydrogen (secondary N) is 1. The van der Waals surface area contributed by atoms with Crippen molar-refractivity contribution >= 4 is 28.0 Å². The Kier molecular flexibility index (Phi) is 19.5. The maximum absolute atomic E-state index is 11.7. The number of amides is 1. The van der Waals surface area contributed by atoms with Crippen LogP contribution < -0.4 is 69.5 Å². The van der Waals surface area contributed by atoms with E-state index < -0.39 is 39.3 Å². The van der Waals surface area contributed by atoms with Gasteiger partial charge >= 0.3 is 65.1 Å². The van der Waals surface area contributed by atoms with Gasteiger partial charge in [-0.25, -0.2) is 13.2 Å². The maximum atomic E-state index is 11.7. The molecule has 0 saturated carbocycles. The summed E-state index contributed by atoms with van der Waals surface area (Å²) in [6.45, 7) is 14.0. The van der Waals surface area contributed by atoms with Crippen LogP contribution in [0.25, 0.3) is 0 Å². The van der Waals surface area contributed by atoms with Gasteiger partial charge in [-0.2, -0.15) is 0 Å². The Hall–Kier alpha value is -0.460. The second kappa shape index (κ2) is 15.5. The van der Waals surface area contributed by atoms with Gasteiger partial charge in [0.25, 0.3) is 5.91 Å². The van der Waals surface area contributed by atoms with Crippen molar-refractivity contribution < 1.29 is 96.3 Å². The third-order valence-electron chi connectivity index (χ3n) is 2.61. The predicted octanol–water partition coefficient (Wildman–Crippen LogP) is -6.76. The number of carboxylic acid groups (broad SMARTS) is 1. The van der Waals surface area contributed by atoms with Gasteiger partial charge in [0, 0.05) is 5.57 Å². The summed E-state index contributed by atoms with van der Waals surface area (Å²) < 4.78 is 37.3. The number of carboxylic acids is 1. The summed E-state index contributed by atoms with van der Waals surface area (Å²) in [6, 6.07) is 0. The summed E-state index contributed by atoms with van der Waals surface area (Å²) in [5.41, 5.74) is -0.609. The normalized spacial score (nSPS) is 10.6. The molecule has 0 fully saturated rings. The van der Waals surface area contributed by atoms with Crippen LogP contribution in [0.15, 0.2) is 36.5 Å². The summed E-state index contributed by atoms with van der Waals surface area (Å²) in [7, 11) is -3.62. The Morgan fingerprint density at radius 1 is 1.04 bits per heavy atom. The minimum Gasteiger partial charge on any atom is -0.746 e. The van der Waals surface area contributed by atoms with Crippen molar-refractivity contribution in [1.82, 2.24) is 5.32 Å². The van der Waals surface area contributed by atoms with Crippen molar-refractivity contribution in [2.45, 2.75) is 26.1 Å². The van der Waals surface area contributed by atoms with Gasteiger partial charge < -0.3 is 24.5 Å². The van der Waals surface area contributed by atoms with Gasteiger partial charge in [0.1, 0.15) is 15.5 Å². The van der Waals surface area contributed by atoms with Crippen LogP contribution in [0.5, 0.6) is 0 Å². The molecular weight excluding hydrogens is 400 g/mol. The monoisotopic (exact) mass is 421 g/mol. The third kappa shape index (κ3) is 14.2. The van der Waals surface area contributed by atoms with Gasteiger partial charge in [-0.05, 0) is 18.4 Å². The molecule has 0 aromatic heterocycles. The number of rotatable bonds is 7. The van der Waals surface area contributed by atoms with Crippen LogP contribution in [0.1, 0.15) is 20.8 Å². The number of methoxy groups -OCH3 is 1. The zero-order valence-electron chi connectivity index (χ0n) is 16.5. The van der Waals surface area contributed by atoms with Crippen LogP contribution in [0.4, 0.5) is 0 Å². The maximum Gasteiger partial charge on any atom is 1.00 e. The number of ether oxygens (including phenoxy) is 1. The SMILES string of the molecule is C=C(C(=C)C(=O)OC)C(=O)NC(C(C)C)S(=O)(=O)[O-].C=C(C)C(=O)[O-].[Na+].[Na+]. The molecule has 142 valence electrons.